The van der Waals surface area contributed by atoms with Gasteiger partial charge in [-0.2, -0.15) is 0 Å². The van der Waals surface area contributed by atoms with Crippen LogP contribution in [0.4, 0.5) is 0 Å². The van der Waals surface area contributed by atoms with Crippen molar-refractivity contribution in [3.05, 3.63) is 57.3 Å². The molecule has 0 aliphatic carbocycles. The van der Waals surface area contributed by atoms with E-state index in [1.807, 2.05) is 17.5 Å². The summed E-state index contributed by atoms with van der Waals surface area (Å²) in [6.45, 7) is 4.55. The zero-order chi connectivity index (χ0) is 19.0. The number of aromatic hydroxyl groups is 1. The Morgan fingerprint density at radius 2 is 2.15 bits per heavy atom. The fourth-order valence-electron chi connectivity index (χ4n) is 2.95. The molecular weight excluding hydrogens is 382 g/mol. The molecule has 0 saturated carbocycles. The van der Waals surface area contributed by atoms with Gasteiger partial charge >= 0.3 is 5.63 Å². The number of hydrogen-bond donors (Lipinski definition) is 1. The highest BCUT2D eigenvalue weighted by Gasteiger charge is 2.16. The molecule has 3 heterocycles. The molecule has 138 valence electrons. The lowest BCUT2D eigenvalue weighted by Crippen LogP contribution is -2.02. The van der Waals surface area contributed by atoms with Crippen LogP contribution in [0.3, 0.4) is 0 Å². The summed E-state index contributed by atoms with van der Waals surface area (Å²) >= 11 is 3.16. The van der Waals surface area contributed by atoms with Crippen molar-refractivity contribution in [1.29, 1.82) is 0 Å². The SMILES string of the molecule is CCn1c(SCc2cc(=O)oc3c(C)c(O)ccc23)nnc1-c1cccs1. The van der Waals surface area contributed by atoms with Gasteiger partial charge in [-0.05, 0) is 43.0 Å². The molecule has 0 aliphatic rings. The Hall–Kier alpha value is -2.58. The molecule has 0 spiro atoms. The molecule has 0 saturated heterocycles. The van der Waals surface area contributed by atoms with Crippen LogP contribution in [0.2, 0.25) is 0 Å². The second-order valence-corrected chi connectivity index (χ2v) is 7.88. The minimum atomic E-state index is -0.428. The van der Waals surface area contributed by atoms with Crippen molar-refractivity contribution in [2.45, 2.75) is 31.3 Å². The van der Waals surface area contributed by atoms with E-state index in [0.717, 1.165) is 33.4 Å². The molecule has 27 heavy (non-hydrogen) atoms. The van der Waals surface area contributed by atoms with E-state index < -0.39 is 5.63 Å². The van der Waals surface area contributed by atoms with E-state index in [0.29, 0.717) is 16.9 Å². The maximum atomic E-state index is 12.0. The highest BCUT2D eigenvalue weighted by atomic mass is 32.2. The molecule has 0 aliphatic heterocycles. The van der Waals surface area contributed by atoms with Gasteiger partial charge in [0.1, 0.15) is 11.3 Å². The summed E-state index contributed by atoms with van der Waals surface area (Å²) in [5, 5.41) is 22.2. The van der Waals surface area contributed by atoms with Crippen LogP contribution in [-0.2, 0) is 12.3 Å². The highest BCUT2D eigenvalue weighted by molar-refractivity contribution is 7.98. The van der Waals surface area contributed by atoms with Gasteiger partial charge in [0.2, 0.25) is 0 Å². The third-order valence-corrected chi connectivity index (χ3v) is 6.23. The van der Waals surface area contributed by atoms with E-state index in [1.54, 1.807) is 30.4 Å². The van der Waals surface area contributed by atoms with Crippen LogP contribution in [-0.4, -0.2) is 19.9 Å². The standard InChI is InChI=1S/C19H17N3O3S2/c1-3-22-18(15-5-4-8-26-15)20-21-19(22)27-10-12-9-16(24)25-17-11(2)14(23)7-6-13(12)17/h4-9,23H,3,10H2,1-2H3. The summed E-state index contributed by atoms with van der Waals surface area (Å²) in [5.41, 5.74) is 1.41. The van der Waals surface area contributed by atoms with Crippen molar-refractivity contribution >= 4 is 34.1 Å². The van der Waals surface area contributed by atoms with Gasteiger partial charge < -0.3 is 14.1 Å². The number of fused-ring (bicyclic) bond motifs is 1. The Morgan fingerprint density at radius 3 is 2.89 bits per heavy atom. The third-order valence-electron chi connectivity index (χ3n) is 4.35. The predicted octanol–water partition coefficient (Wildman–Crippen LogP) is 4.44. The first kappa shape index (κ1) is 17.8. The van der Waals surface area contributed by atoms with Crippen LogP contribution in [0.15, 0.2) is 50.1 Å². The Morgan fingerprint density at radius 1 is 1.30 bits per heavy atom. The number of rotatable bonds is 5. The number of aryl methyl sites for hydroxylation is 1. The third kappa shape index (κ3) is 3.26. The summed E-state index contributed by atoms with van der Waals surface area (Å²) in [4.78, 5) is 13.0. The average Bonchev–Trinajstić information content (AvgIpc) is 3.32. The van der Waals surface area contributed by atoms with Gasteiger partial charge in [0.05, 0.1) is 4.88 Å². The zero-order valence-corrected chi connectivity index (χ0v) is 16.4. The van der Waals surface area contributed by atoms with Crippen molar-refractivity contribution in [3.63, 3.8) is 0 Å². The van der Waals surface area contributed by atoms with Crippen molar-refractivity contribution in [2.75, 3.05) is 0 Å². The van der Waals surface area contributed by atoms with Crippen LogP contribution < -0.4 is 5.63 Å². The van der Waals surface area contributed by atoms with E-state index >= 15 is 0 Å². The van der Waals surface area contributed by atoms with Crippen LogP contribution in [0.5, 0.6) is 5.75 Å². The van der Waals surface area contributed by atoms with Crippen molar-refractivity contribution in [3.8, 4) is 16.5 Å². The molecule has 4 rings (SSSR count). The summed E-state index contributed by atoms with van der Waals surface area (Å²) in [6, 6.07) is 8.92. The molecule has 0 bridgehead atoms. The predicted molar refractivity (Wildman–Crippen MR) is 107 cm³/mol. The molecule has 0 fully saturated rings. The summed E-state index contributed by atoms with van der Waals surface area (Å²) in [7, 11) is 0. The number of hydrogen-bond acceptors (Lipinski definition) is 7. The molecular formula is C19H17N3O3S2. The van der Waals surface area contributed by atoms with E-state index in [9.17, 15) is 9.90 Å². The Bertz CT molecular complexity index is 1160. The van der Waals surface area contributed by atoms with Crippen molar-refractivity contribution in [1.82, 2.24) is 14.8 Å². The number of phenols is 1. The second-order valence-electron chi connectivity index (χ2n) is 5.99. The quantitative estimate of drug-likeness (QED) is 0.395. The van der Waals surface area contributed by atoms with Crippen LogP contribution >= 0.6 is 23.1 Å². The summed E-state index contributed by atoms with van der Waals surface area (Å²) in [6.07, 6.45) is 0. The lowest BCUT2D eigenvalue weighted by atomic mass is 10.1. The maximum absolute atomic E-state index is 12.0. The lowest BCUT2D eigenvalue weighted by Gasteiger charge is -2.09. The number of aromatic nitrogens is 3. The second kappa shape index (κ2) is 7.21. The van der Waals surface area contributed by atoms with E-state index in [2.05, 4.69) is 21.7 Å². The minimum absolute atomic E-state index is 0.113. The van der Waals surface area contributed by atoms with Gasteiger partial charge in [-0.25, -0.2) is 4.79 Å². The Balaban J connectivity index is 1.69. The Labute approximate surface area is 163 Å². The van der Waals surface area contributed by atoms with Gasteiger partial charge in [-0.15, -0.1) is 21.5 Å². The fraction of sp³-hybridized carbons (Fsp3) is 0.211. The van der Waals surface area contributed by atoms with Gasteiger partial charge in [0.25, 0.3) is 0 Å². The van der Waals surface area contributed by atoms with Crippen molar-refractivity contribution < 1.29 is 9.52 Å². The fourth-order valence-corrected chi connectivity index (χ4v) is 4.66. The first-order chi connectivity index (χ1) is 13.1. The number of nitrogens with zero attached hydrogens (tertiary/aromatic N) is 3. The number of thiophene rings is 1. The molecule has 1 N–H and O–H groups in total. The monoisotopic (exact) mass is 399 g/mol. The largest absolute Gasteiger partial charge is 0.508 e. The van der Waals surface area contributed by atoms with Crippen LogP contribution in [0.1, 0.15) is 18.1 Å². The molecule has 3 aromatic heterocycles. The molecule has 0 amide bonds. The molecule has 8 heteroatoms. The maximum Gasteiger partial charge on any atom is 0.336 e. The number of benzene rings is 1. The zero-order valence-electron chi connectivity index (χ0n) is 14.8. The normalized spacial score (nSPS) is 11.3. The molecule has 0 atom stereocenters. The van der Waals surface area contributed by atoms with E-state index in [-0.39, 0.29) is 5.75 Å². The highest BCUT2D eigenvalue weighted by Crippen LogP contribution is 2.32. The number of phenolic OH excluding ortho intramolecular Hbond substituents is 1. The molecule has 4 aromatic rings. The topological polar surface area (TPSA) is 81.2 Å². The first-order valence-corrected chi connectivity index (χ1v) is 10.3. The molecule has 1 aromatic carbocycles. The number of thioether (sulfide) groups is 1. The van der Waals surface area contributed by atoms with Crippen molar-refractivity contribution in [2.24, 2.45) is 0 Å². The minimum Gasteiger partial charge on any atom is -0.508 e. The van der Waals surface area contributed by atoms with Crippen LogP contribution in [0.25, 0.3) is 21.7 Å². The van der Waals surface area contributed by atoms with Gasteiger partial charge in [0, 0.05) is 29.3 Å². The molecule has 6 nitrogen and oxygen atoms in total. The van der Waals surface area contributed by atoms with E-state index in [4.69, 9.17) is 4.42 Å². The van der Waals surface area contributed by atoms with Crippen LogP contribution in [0, 0.1) is 6.92 Å². The van der Waals surface area contributed by atoms with E-state index in [1.165, 1.54) is 17.8 Å². The van der Waals surface area contributed by atoms with Gasteiger partial charge in [0.15, 0.2) is 11.0 Å². The van der Waals surface area contributed by atoms with Gasteiger partial charge in [-0.3, -0.25) is 0 Å². The Kier molecular flexibility index (Phi) is 4.75. The average molecular weight is 399 g/mol. The van der Waals surface area contributed by atoms with Gasteiger partial charge in [-0.1, -0.05) is 17.8 Å². The lowest BCUT2D eigenvalue weighted by molar-refractivity contribution is 0.468. The first-order valence-electron chi connectivity index (χ1n) is 8.43. The molecule has 0 radical (unpaired) electrons. The molecule has 0 unspecified atom stereocenters. The summed E-state index contributed by atoms with van der Waals surface area (Å²) < 4.78 is 7.38. The smallest absolute Gasteiger partial charge is 0.336 e. The summed E-state index contributed by atoms with van der Waals surface area (Å²) in [5.74, 6) is 1.52.